The van der Waals surface area contributed by atoms with Crippen molar-refractivity contribution in [3.8, 4) is 5.75 Å². The standard InChI is InChI=1S/C15H20N2O2/c1-18-11-10-16-9-8-13-7-6-12-4-3-5-14(19-2)15(12)17-13/h3-7,16H,8-11H2,1-2H3. The molecule has 0 unspecified atom stereocenters. The number of pyridine rings is 1. The highest BCUT2D eigenvalue weighted by molar-refractivity contribution is 5.84. The molecule has 0 saturated heterocycles. The van der Waals surface area contributed by atoms with Crippen molar-refractivity contribution in [3.05, 3.63) is 36.0 Å². The van der Waals surface area contributed by atoms with Crippen LogP contribution in [-0.2, 0) is 11.2 Å². The van der Waals surface area contributed by atoms with Crippen LogP contribution in [0.5, 0.6) is 5.75 Å². The second-order valence-corrected chi connectivity index (χ2v) is 4.33. The van der Waals surface area contributed by atoms with Crippen LogP contribution in [0, 0.1) is 0 Å². The molecule has 4 heteroatoms. The number of nitrogens with one attached hydrogen (secondary N) is 1. The molecule has 102 valence electrons. The van der Waals surface area contributed by atoms with E-state index >= 15 is 0 Å². The molecular weight excluding hydrogens is 240 g/mol. The Bertz CT molecular complexity index is 529. The lowest BCUT2D eigenvalue weighted by Crippen LogP contribution is -2.21. The molecule has 1 heterocycles. The van der Waals surface area contributed by atoms with Gasteiger partial charge in [0.15, 0.2) is 0 Å². The Hall–Kier alpha value is -1.65. The molecule has 0 radical (unpaired) electrons. The number of hydrogen-bond donors (Lipinski definition) is 1. The predicted molar refractivity (Wildman–Crippen MR) is 76.7 cm³/mol. The summed E-state index contributed by atoms with van der Waals surface area (Å²) >= 11 is 0. The van der Waals surface area contributed by atoms with Crippen molar-refractivity contribution in [2.45, 2.75) is 6.42 Å². The molecule has 0 amide bonds. The van der Waals surface area contributed by atoms with Crippen LogP contribution in [0.2, 0.25) is 0 Å². The molecule has 0 aliphatic rings. The van der Waals surface area contributed by atoms with Crippen LogP contribution in [0.15, 0.2) is 30.3 Å². The van der Waals surface area contributed by atoms with Gasteiger partial charge in [0, 0.05) is 37.7 Å². The minimum Gasteiger partial charge on any atom is -0.494 e. The normalized spacial score (nSPS) is 10.8. The lowest BCUT2D eigenvalue weighted by atomic mass is 10.1. The summed E-state index contributed by atoms with van der Waals surface area (Å²) in [4.78, 5) is 4.67. The van der Waals surface area contributed by atoms with E-state index in [4.69, 9.17) is 9.47 Å². The van der Waals surface area contributed by atoms with Gasteiger partial charge in [-0.05, 0) is 12.1 Å². The number of methoxy groups -OCH3 is 2. The average molecular weight is 260 g/mol. The quantitative estimate of drug-likeness (QED) is 0.774. The van der Waals surface area contributed by atoms with Crippen LogP contribution in [0.3, 0.4) is 0 Å². The number of aromatic nitrogens is 1. The highest BCUT2D eigenvalue weighted by Gasteiger charge is 2.03. The lowest BCUT2D eigenvalue weighted by molar-refractivity contribution is 0.199. The molecule has 19 heavy (non-hydrogen) atoms. The zero-order valence-corrected chi connectivity index (χ0v) is 11.5. The summed E-state index contributed by atoms with van der Waals surface area (Å²) < 4.78 is 10.3. The van der Waals surface area contributed by atoms with Crippen LogP contribution in [-0.4, -0.2) is 38.9 Å². The monoisotopic (exact) mass is 260 g/mol. The maximum Gasteiger partial charge on any atom is 0.145 e. The molecule has 0 atom stereocenters. The number of para-hydroxylation sites is 1. The third kappa shape index (κ3) is 3.66. The van der Waals surface area contributed by atoms with E-state index in [9.17, 15) is 0 Å². The summed E-state index contributed by atoms with van der Waals surface area (Å²) in [5.41, 5.74) is 2.00. The minimum absolute atomic E-state index is 0.735. The van der Waals surface area contributed by atoms with Gasteiger partial charge in [-0.25, -0.2) is 4.98 Å². The number of nitrogens with zero attached hydrogens (tertiary/aromatic N) is 1. The summed E-state index contributed by atoms with van der Waals surface area (Å²) in [6.45, 7) is 2.50. The molecule has 0 bridgehead atoms. The maximum atomic E-state index is 5.35. The molecule has 0 spiro atoms. The van der Waals surface area contributed by atoms with Crippen LogP contribution >= 0.6 is 0 Å². The van der Waals surface area contributed by atoms with E-state index in [-0.39, 0.29) is 0 Å². The molecule has 1 aromatic carbocycles. The predicted octanol–water partition coefficient (Wildman–Crippen LogP) is 2.02. The summed E-state index contributed by atoms with van der Waals surface area (Å²) in [5, 5.41) is 4.42. The highest BCUT2D eigenvalue weighted by atomic mass is 16.5. The van der Waals surface area contributed by atoms with E-state index in [2.05, 4.69) is 22.4 Å². The fraction of sp³-hybridized carbons (Fsp3) is 0.400. The second-order valence-electron chi connectivity index (χ2n) is 4.33. The third-order valence-electron chi connectivity index (χ3n) is 3.00. The summed E-state index contributed by atoms with van der Waals surface area (Å²) in [7, 11) is 3.38. The van der Waals surface area contributed by atoms with Gasteiger partial charge in [0.05, 0.1) is 13.7 Å². The summed E-state index contributed by atoms with van der Waals surface area (Å²) in [6.07, 6.45) is 0.900. The van der Waals surface area contributed by atoms with Crippen molar-refractivity contribution in [2.24, 2.45) is 0 Å². The Morgan fingerprint density at radius 2 is 2.00 bits per heavy atom. The van der Waals surface area contributed by atoms with Gasteiger partial charge in [0.2, 0.25) is 0 Å². The van der Waals surface area contributed by atoms with E-state index in [1.807, 2.05) is 18.2 Å². The van der Waals surface area contributed by atoms with E-state index < -0.39 is 0 Å². The topological polar surface area (TPSA) is 43.4 Å². The number of hydrogen-bond acceptors (Lipinski definition) is 4. The molecule has 4 nitrogen and oxygen atoms in total. The maximum absolute atomic E-state index is 5.35. The van der Waals surface area contributed by atoms with Crippen LogP contribution < -0.4 is 10.1 Å². The Morgan fingerprint density at radius 1 is 1.11 bits per heavy atom. The molecule has 1 aromatic heterocycles. The Balaban J connectivity index is 2.04. The average Bonchev–Trinajstić information content (AvgIpc) is 2.46. The molecule has 1 N–H and O–H groups in total. The van der Waals surface area contributed by atoms with Gasteiger partial charge >= 0.3 is 0 Å². The largest absolute Gasteiger partial charge is 0.494 e. The van der Waals surface area contributed by atoms with E-state index in [1.54, 1.807) is 14.2 Å². The highest BCUT2D eigenvalue weighted by Crippen LogP contribution is 2.23. The SMILES string of the molecule is COCCNCCc1ccc2cccc(OC)c2n1. The van der Waals surface area contributed by atoms with Gasteiger partial charge in [-0.3, -0.25) is 0 Å². The van der Waals surface area contributed by atoms with Crippen molar-refractivity contribution in [1.29, 1.82) is 0 Å². The minimum atomic E-state index is 0.735. The van der Waals surface area contributed by atoms with E-state index in [0.717, 1.165) is 48.5 Å². The molecule has 2 aromatic rings. The Morgan fingerprint density at radius 3 is 2.79 bits per heavy atom. The van der Waals surface area contributed by atoms with Crippen molar-refractivity contribution >= 4 is 10.9 Å². The van der Waals surface area contributed by atoms with Gasteiger partial charge in [-0.15, -0.1) is 0 Å². The second kappa shape index (κ2) is 7.07. The number of benzene rings is 1. The van der Waals surface area contributed by atoms with Crippen molar-refractivity contribution in [2.75, 3.05) is 33.9 Å². The zero-order chi connectivity index (χ0) is 13.5. The first-order chi connectivity index (χ1) is 9.35. The summed E-state index contributed by atoms with van der Waals surface area (Å²) in [6, 6.07) is 10.1. The van der Waals surface area contributed by atoms with Crippen LogP contribution in [0.4, 0.5) is 0 Å². The van der Waals surface area contributed by atoms with Crippen LogP contribution in [0.1, 0.15) is 5.69 Å². The van der Waals surface area contributed by atoms with Crippen LogP contribution in [0.25, 0.3) is 10.9 Å². The number of rotatable bonds is 7. The molecule has 0 aliphatic heterocycles. The van der Waals surface area contributed by atoms with E-state index in [1.165, 1.54) is 0 Å². The zero-order valence-electron chi connectivity index (χ0n) is 11.5. The fourth-order valence-electron chi connectivity index (χ4n) is 1.98. The van der Waals surface area contributed by atoms with Gasteiger partial charge in [0.25, 0.3) is 0 Å². The first kappa shape index (κ1) is 13.8. The molecule has 2 rings (SSSR count). The van der Waals surface area contributed by atoms with Crippen molar-refractivity contribution < 1.29 is 9.47 Å². The number of ether oxygens (including phenoxy) is 2. The Kier molecular flexibility index (Phi) is 5.12. The van der Waals surface area contributed by atoms with Crippen molar-refractivity contribution in [1.82, 2.24) is 10.3 Å². The summed E-state index contributed by atoms with van der Waals surface area (Å²) in [5.74, 6) is 0.826. The fourth-order valence-corrected chi connectivity index (χ4v) is 1.98. The van der Waals surface area contributed by atoms with Gasteiger partial charge in [0.1, 0.15) is 11.3 Å². The lowest BCUT2D eigenvalue weighted by Gasteiger charge is -2.07. The first-order valence-electron chi connectivity index (χ1n) is 6.47. The molecule has 0 aliphatic carbocycles. The number of fused-ring (bicyclic) bond motifs is 1. The molecule has 0 saturated carbocycles. The van der Waals surface area contributed by atoms with Gasteiger partial charge in [-0.1, -0.05) is 18.2 Å². The first-order valence-corrected chi connectivity index (χ1v) is 6.47. The van der Waals surface area contributed by atoms with Gasteiger partial charge < -0.3 is 14.8 Å². The molecule has 0 fully saturated rings. The molecular formula is C15H20N2O2. The Labute approximate surface area is 113 Å². The third-order valence-corrected chi connectivity index (χ3v) is 3.00. The smallest absolute Gasteiger partial charge is 0.145 e. The van der Waals surface area contributed by atoms with Gasteiger partial charge in [-0.2, -0.15) is 0 Å². The van der Waals surface area contributed by atoms with Crippen molar-refractivity contribution in [3.63, 3.8) is 0 Å². The van der Waals surface area contributed by atoms with E-state index in [0.29, 0.717) is 0 Å².